The topological polar surface area (TPSA) is 186 Å². The molecule has 0 aliphatic rings. The minimum atomic E-state index is -0.977. The van der Waals surface area contributed by atoms with Crippen LogP contribution in [-0.2, 0) is 17.8 Å². The fourth-order valence-corrected chi connectivity index (χ4v) is 5.88. The predicted molar refractivity (Wildman–Crippen MR) is 190 cm³/mol. The van der Waals surface area contributed by atoms with Crippen LogP contribution in [0.5, 0.6) is 0 Å². The molecule has 0 bridgehead atoms. The Labute approximate surface area is 299 Å². The Morgan fingerprint density at radius 1 is 0.804 bits per heavy atom. The minimum absolute atomic E-state index is 0.177. The number of carboxylic acid groups (broad SMARTS) is 1. The molecule has 0 radical (unpaired) electrons. The van der Waals surface area contributed by atoms with Gasteiger partial charge in [-0.15, -0.1) is 0 Å². The second-order valence-corrected chi connectivity index (χ2v) is 11.8. The van der Waals surface area contributed by atoms with Gasteiger partial charge in [0.25, 0.3) is 0 Å². The zero-order valence-electron chi connectivity index (χ0n) is 27.2. The first-order chi connectivity index (χ1) is 24.5. The number of hydrogen-bond acceptors (Lipinski definition) is 9. The number of halogens is 1. The van der Waals surface area contributed by atoms with E-state index in [1.807, 2.05) is 60.7 Å². The molecule has 1 N–H and O–H groups in total. The van der Waals surface area contributed by atoms with E-state index >= 15 is 0 Å². The summed E-state index contributed by atoms with van der Waals surface area (Å²) in [4.78, 5) is 51.5. The molecule has 0 unspecified atom stereocenters. The molecule has 4 aromatic carbocycles. The first-order valence-electron chi connectivity index (χ1n) is 15.2. The molecule has 0 aliphatic heterocycles. The number of aromatic nitrogens is 4. The van der Waals surface area contributed by atoms with E-state index in [1.54, 1.807) is 52.5 Å². The summed E-state index contributed by atoms with van der Waals surface area (Å²) >= 11 is 3.23. The van der Waals surface area contributed by atoms with Crippen LogP contribution < -0.4 is 0 Å². The van der Waals surface area contributed by atoms with Crippen molar-refractivity contribution in [2.24, 2.45) is 0 Å². The second kappa shape index (κ2) is 15.8. The van der Waals surface area contributed by atoms with E-state index in [9.17, 15) is 34.9 Å². The SMILES string of the molecule is COC(=O)c1ccccc1-c1ccc(Cn2cnc([N+](=O)[O-])c2)cc1.Cc1nc([N+](=O)[O-])c(Br)n1Cc1ccc(-c2ccccc2C(=O)O)cc1. The van der Waals surface area contributed by atoms with Crippen LogP contribution >= 0.6 is 15.9 Å². The lowest BCUT2D eigenvalue weighted by molar-refractivity contribution is -0.390. The van der Waals surface area contributed by atoms with Gasteiger partial charge in [0, 0.05) is 6.92 Å². The highest BCUT2D eigenvalue weighted by Crippen LogP contribution is 2.28. The number of aryl methyl sites for hydroxylation is 1. The molecule has 51 heavy (non-hydrogen) atoms. The maximum absolute atomic E-state index is 11.9. The van der Waals surface area contributed by atoms with Crippen LogP contribution in [0.25, 0.3) is 22.3 Å². The summed E-state index contributed by atoms with van der Waals surface area (Å²) < 4.78 is 8.49. The molecule has 6 rings (SSSR count). The van der Waals surface area contributed by atoms with Crippen LogP contribution in [-0.4, -0.2) is 53.1 Å². The average molecular weight is 754 g/mol. The summed E-state index contributed by atoms with van der Waals surface area (Å²) in [6.45, 7) is 2.59. The predicted octanol–water partition coefficient (Wildman–Crippen LogP) is 7.57. The van der Waals surface area contributed by atoms with E-state index in [1.165, 1.54) is 19.6 Å². The number of nitrogens with zero attached hydrogens (tertiary/aromatic N) is 6. The van der Waals surface area contributed by atoms with E-state index in [4.69, 9.17) is 4.74 Å². The number of carbonyl (C=O) groups is 2. The number of aromatic carboxylic acids is 1. The van der Waals surface area contributed by atoms with Gasteiger partial charge in [-0.3, -0.25) is 4.57 Å². The van der Waals surface area contributed by atoms with E-state index in [2.05, 4.69) is 25.9 Å². The van der Waals surface area contributed by atoms with E-state index in [-0.39, 0.29) is 23.2 Å². The van der Waals surface area contributed by atoms with Gasteiger partial charge < -0.3 is 34.6 Å². The lowest BCUT2D eigenvalue weighted by Gasteiger charge is -2.09. The fraction of sp³-hybridized carbons (Fsp3) is 0.111. The number of carboxylic acids is 1. The van der Waals surface area contributed by atoms with Gasteiger partial charge in [-0.2, -0.15) is 0 Å². The molecule has 2 heterocycles. The Morgan fingerprint density at radius 3 is 1.82 bits per heavy atom. The van der Waals surface area contributed by atoms with Crippen LogP contribution in [0.3, 0.4) is 0 Å². The fourth-order valence-electron chi connectivity index (χ4n) is 5.27. The third-order valence-electron chi connectivity index (χ3n) is 7.79. The van der Waals surface area contributed by atoms with Gasteiger partial charge in [0.2, 0.25) is 12.2 Å². The van der Waals surface area contributed by atoms with Crippen molar-refractivity contribution in [3.63, 3.8) is 0 Å². The zero-order valence-corrected chi connectivity index (χ0v) is 28.8. The quantitative estimate of drug-likeness (QED) is 0.0831. The Morgan fingerprint density at radius 2 is 1.33 bits per heavy atom. The summed E-state index contributed by atoms with van der Waals surface area (Å²) in [5.74, 6) is -1.22. The third kappa shape index (κ3) is 8.40. The van der Waals surface area contributed by atoms with Crippen LogP contribution in [0.4, 0.5) is 11.6 Å². The first kappa shape index (κ1) is 35.8. The normalized spacial score (nSPS) is 10.6. The lowest BCUT2D eigenvalue weighted by Crippen LogP contribution is -2.03. The molecule has 14 nitrogen and oxygen atoms in total. The van der Waals surface area contributed by atoms with Crippen LogP contribution in [0.15, 0.2) is 114 Å². The maximum Gasteiger partial charge on any atom is 0.396 e. The van der Waals surface area contributed by atoms with Crippen molar-refractivity contribution in [3.05, 3.63) is 162 Å². The van der Waals surface area contributed by atoms with Gasteiger partial charge >= 0.3 is 23.6 Å². The summed E-state index contributed by atoms with van der Waals surface area (Å²) in [5.41, 5.74) is 5.73. The number of hydrogen-bond donors (Lipinski definition) is 1. The number of nitro groups is 2. The molecular formula is C36H29BrN6O8. The number of methoxy groups -OCH3 is 1. The third-order valence-corrected chi connectivity index (χ3v) is 8.57. The molecule has 0 saturated heterocycles. The Bertz CT molecular complexity index is 2230. The summed E-state index contributed by atoms with van der Waals surface area (Å²) in [6, 6.07) is 29.1. The van der Waals surface area contributed by atoms with Crippen LogP contribution in [0, 0.1) is 27.2 Å². The molecule has 15 heteroatoms. The molecular weight excluding hydrogens is 724 g/mol. The van der Waals surface area contributed by atoms with Crippen molar-refractivity contribution < 1.29 is 29.3 Å². The monoisotopic (exact) mass is 752 g/mol. The van der Waals surface area contributed by atoms with E-state index in [0.29, 0.717) is 34.6 Å². The largest absolute Gasteiger partial charge is 0.478 e. The Hall–Kier alpha value is -6.48. The molecule has 2 aromatic heterocycles. The molecule has 0 amide bonds. The smallest absolute Gasteiger partial charge is 0.396 e. The summed E-state index contributed by atoms with van der Waals surface area (Å²) in [5, 5.41) is 31.0. The van der Waals surface area contributed by atoms with Crippen LogP contribution in [0.2, 0.25) is 0 Å². The highest BCUT2D eigenvalue weighted by molar-refractivity contribution is 9.10. The number of ether oxygens (including phenoxy) is 1. The van der Waals surface area contributed by atoms with Gasteiger partial charge in [-0.25, -0.2) is 9.59 Å². The number of benzene rings is 4. The van der Waals surface area contributed by atoms with Crippen molar-refractivity contribution in [1.29, 1.82) is 0 Å². The maximum atomic E-state index is 11.9. The van der Waals surface area contributed by atoms with E-state index < -0.39 is 15.8 Å². The first-order valence-corrected chi connectivity index (χ1v) is 16.0. The number of esters is 1. The van der Waals surface area contributed by atoms with Gasteiger partial charge in [-0.05, 0) is 81.3 Å². The number of rotatable bonds is 10. The number of carbonyl (C=O) groups excluding carboxylic acids is 1. The van der Waals surface area contributed by atoms with Gasteiger partial charge in [0.15, 0.2) is 4.60 Å². The standard InChI is InChI=1S/C18H14BrN3O4.C18H15N3O4/c1-11-20-17(22(25)26)16(19)21(11)10-12-6-8-13(9-7-12)14-4-2-3-5-15(14)18(23)24;1-25-18(22)16-5-3-2-4-15(16)14-8-6-13(7-9-14)10-20-11-17(19-12-20)21(23)24/h2-9H,10H2,1H3,(H,23,24);2-9,11-12H,10H2,1H3. The minimum Gasteiger partial charge on any atom is -0.478 e. The molecule has 0 spiro atoms. The highest BCUT2D eigenvalue weighted by Gasteiger charge is 2.23. The van der Waals surface area contributed by atoms with Gasteiger partial charge in [0.05, 0.1) is 31.3 Å². The second-order valence-electron chi connectivity index (χ2n) is 11.1. The molecule has 6 aromatic rings. The van der Waals surface area contributed by atoms with Gasteiger partial charge in [0.1, 0.15) is 6.20 Å². The van der Waals surface area contributed by atoms with Crippen molar-refractivity contribution >= 4 is 39.5 Å². The number of imidazole rings is 2. The summed E-state index contributed by atoms with van der Waals surface area (Å²) in [6.07, 6.45) is 2.82. The molecule has 0 aliphatic carbocycles. The van der Waals surface area contributed by atoms with Crippen molar-refractivity contribution in [1.82, 2.24) is 19.1 Å². The summed E-state index contributed by atoms with van der Waals surface area (Å²) in [7, 11) is 1.35. The van der Waals surface area contributed by atoms with E-state index in [0.717, 1.165) is 27.8 Å². The molecule has 0 saturated carbocycles. The van der Waals surface area contributed by atoms with Crippen molar-refractivity contribution in [3.8, 4) is 22.3 Å². The lowest BCUT2D eigenvalue weighted by atomic mass is 9.99. The van der Waals surface area contributed by atoms with Crippen LogP contribution in [0.1, 0.15) is 37.7 Å². The van der Waals surface area contributed by atoms with Gasteiger partial charge in [-0.1, -0.05) is 84.9 Å². The highest BCUT2D eigenvalue weighted by atomic mass is 79.9. The average Bonchev–Trinajstić information content (AvgIpc) is 3.72. The molecule has 0 atom stereocenters. The van der Waals surface area contributed by atoms with Crippen molar-refractivity contribution in [2.75, 3.05) is 7.11 Å². The Kier molecular flexibility index (Phi) is 11.1. The molecule has 0 fully saturated rings. The zero-order chi connectivity index (χ0) is 36.7. The molecule has 258 valence electrons. The Balaban J connectivity index is 0.000000198. The van der Waals surface area contributed by atoms with Crippen molar-refractivity contribution in [2.45, 2.75) is 20.0 Å².